The maximum absolute atomic E-state index is 12.1. The lowest BCUT2D eigenvalue weighted by atomic mass is 9.96. The van der Waals surface area contributed by atoms with E-state index in [9.17, 15) is 4.79 Å². The summed E-state index contributed by atoms with van der Waals surface area (Å²) in [7, 11) is 0. The Hall–Kier alpha value is -2.27. The second kappa shape index (κ2) is 8.02. The van der Waals surface area contributed by atoms with Gasteiger partial charge in [0.25, 0.3) is 5.91 Å². The van der Waals surface area contributed by atoms with Gasteiger partial charge in [-0.25, -0.2) is 4.98 Å². The Morgan fingerprint density at radius 1 is 1.17 bits per heavy atom. The first kappa shape index (κ1) is 16.6. The molecule has 1 aromatic heterocycles. The van der Waals surface area contributed by atoms with Crippen LogP contribution in [0.1, 0.15) is 34.6 Å². The van der Waals surface area contributed by atoms with E-state index in [2.05, 4.69) is 50.5 Å². The average Bonchev–Trinajstić information content (AvgIpc) is 2.62. The zero-order chi connectivity index (χ0) is 16.8. The molecule has 1 fully saturated rings. The number of nitrogens with one attached hydrogen (secondary N) is 1. The van der Waals surface area contributed by atoms with Crippen molar-refractivity contribution in [3.63, 3.8) is 0 Å². The van der Waals surface area contributed by atoms with Gasteiger partial charge in [0, 0.05) is 19.3 Å². The lowest BCUT2D eigenvalue weighted by Crippen LogP contribution is -2.38. The van der Waals surface area contributed by atoms with E-state index in [1.54, 1.807) is 6.20 Å². The van der Waals surface area contributed by atoms with Gasteiger partial charge in [-0.05, 0) is 44.3 Å². The van der Waals surface area contributed by atoms with E-state index in [4.69, 9.17) is 0 Å². The largest absolute Gasteiger partial charge is 0.350 e. The SMILES string of the molecule is Cc1cnc(C(=O)NCC2CCN(Cc3ccccc3)CC2)cn1. The van der Waals surface area contributed by atoms with Gasteiger partial charge in [-0.1, -0.05) is 30.3 Å². The normalized spacial score (nSPS) is 16.0. The molecule has 126 valence electrons. The van der Waals surface area contributed by atoms with Gasteiger partial charge in [0.2, 0.25) is 0 Å². The van der Waals surface area contributed by atoms with E-state index >= 15 is 0 Å². The van der Waals surface area contributed by atoms with Crippen molar-refractivity contribution >= 4 is 5.91 Å². The summed E-state index contributed by atoms with van der Waals surface area (Å²) in [6.45, 7) is 5.75. The lowest BCUT2D eigenvalue weighted by Gasteiger charge is -2.32. The van der Waals surface area contributed by atoms with Crippen LogP contribution in [0.25, 0.3) is 0 Å². The molecule has 3 rings (SSSR count). The molecule has 0 spiro atoms. The number of hydrogen-bond acceptors (Lipinski definition) is 4. The van der Waals surface area contributed by atoms with Gasteiger partial charge in [-0.15, -0.1) is 0 Å². The average molecular weight is 324 g/mol. The number of amides is 1. The van der Waals surface area contributed by atoms with E-state index in [1.807, 2.05) is 6.92 Å². The highest BCUT2D eigenvalue weighted by Crippen LogP contribution is 2.18. The van der Waals surface area contributed by atoms with E-state index in [-0.39, 0.29) is 5.91 Å². The minimum absolute atomic E-state index is 0.130. The second-order valence-corrected chi connectivity index (χ2v) is 6.46. The molecule has 1 saturated heterocycles. The highest BCUT2D eigenvalue weighted by molar-refractivity contribution is 5.91. The first-order chi connectivity index (χ1) is 11.7. The standard InChI is InChI=1S/C19H24N4O/c1-15-11-21-18(13-20-15)19(24)22-12-16-7-9-23(10-8-16)14-17-5-3-2-4-6-17/h2-6,11,13,16H,7-10,12,14H2,1H3,(H,22,24). The van der Waals surface area contributed by atoms with E-state index in [0.717, 1.165) is 38.2 Å². The number of nitrogens with zero attached hydrogens (tertiary/aromatic N) is 3. The zero-order valence-electron chi connectivity index (χ0n) is 14.1. The number of carbonyl (C=O) groups excluding carboxylic acids is 1. The number of carbonyl (C=O) groups is 1. The number of aryl methyl sites for hydroxylation is 1. The molecule has 2 heterocycles. The molecule has 1 amide bonds. The third-order valence-electron chi connectivity index (χ3n) is 4.52. The molecule has 0 saturated carbocycles. The van der Waals surface area contributed by atoms with Gasteiger partial charge in [0.05, 0.1) is 11.9 Å². The summed E-state index contributed by atoms with van der Waals surface area (Å²) < 4.78 is 0. The van der Waals surface area contributed by atoms with Crippen LogP contribution in [-0.4, -0.2) is 40.4 Å². The Morgan fingerprint density at radius 2 is 1.92 bits per heavy atom. The van der Waals surface area contributed by atoms with Gasteiger partial charge in [-0.2, -0.15) is 0 Å². The van der Waals surface area contributed by atoms with Gasteiger partial charge < -0.3 is 5.32 Å². The van der Waals surface area contributed by atoms with Crippen molar-refractivity contribution in [3.05, 3.63) is 59.7 Å². The van der Waals surface area contributed by atoms with Gasteiger partial charge in [0.15, 0.2) is 0 Å². The minimum atomic E-state index is -0.130. The monoisotopic (exact) mass is 324 g/mol. The molecule has 0 bridgehead atoms. The summed E-state index contributed by atoms with van der Waals surface area (Å²) in [5.41, 5.74) is 2.57. The number of rotatable bonds is 5. The van der Waals surface area contributed by atoms with Crippen LogP contribution in [0.3, 0.4) is 0 Å². The Labute approximate surface area is 143 Å². The van der Waals surface area contributed by atoms with Crippen LogP contribution in [0.15, 0.2) is 42.7 Å². The second-order valence-electron chi connectivity index (χ2n) is 6.46. The number of benzene rings is 1. The van der Waals surface area contributed by atoms with Crippen molar-refractivity contribution in [1.29, 1.82) is 0 Å². The Bertz CT molecular complexity index is 649. The summed E-state index contributed by atoms with van der Waals surface area (Å²) in [6, 6.07) is 10.6. The Balaban J connectivity index is 1.41. The van der Waals surface area contributed by atoms with Gasteiger partial charge in [0.1, 0.15) is 5.69 Å². The third-order valence-corrected chi connectivity index (χ3v) is 4.52. The minimum Gasteiger partial charge on any atom is -0.350 e. The van der Waals surface area contributed by atoms with Gasteiger partial charge >= 0.3 is 0 Å². The predicted molar refractivity (Wildman–Crippen MR) is 93.5 cm³/mol. The van der Waals surface area contributed by atoms with Crippen LogP contribution < -0.4 is 5.32 Å². The predicted octanol–water partition coefficient (Wildman–Crippen LogP) is 2.43. The first-order valence-electron chi connectivity index (χ1n) is 8.54. The highest BCUT2D eigenvalue weighted by atomic mass is 16.1. The molecule has 5 heteroatoms. The molecule has 5 nitrogen and oxygen atoms in total. The van der Waals surface area contributed by atoms with Crippen LogP contribution in [0, 0.1) is 12.8 Å². The topological polar surface area (TPSA) is 58.1 Å². The van der Waals surface area contributed by atoms with Crippen molar-refractivity contribution in [1.82, 2.24) is 20.2 Å². The van der Waals surface area contributed by atoms with Crippen molar-refractivity contribution in [3.8, 4) is 0 Å². The fourth-order valence-electron chi connectivity index (χ4n) is 3.03. The van der Waals surface area contributed by atoms with Crippen molar-refractivity contribution in [2.75, 3.05) is 19.6 Å². The summed E-state index contributed by atoms with van der Waals surface area (Å²) in [6.07, 6.45) is 5.39. The molecule has 1 aliphatic rings. The summed E-state index contributed by atoms with van der Waals surface area (Å²) >= 11 is 0. The lowest BCUT2D eigenvalue weighted by molar-refractivity contribution is 0.0930. The molecule has 2 aromatic rings. The van der Waals surface area contributed by atoms with Crippen LogP contribution >= 0.6 is 0 Å². The van der Waals surface area contributed by atoms with Crippen molar-refractivity contribution in [2.24, 2.45) is 5.92 Å². The molecule has 1 aliphatic heterocycles. The number of aromatic nitrogens is 2. The fourth-order valence-corrected chi connectivity index (χ4v) is 3.03. The smallest absolute Gasteiger partial charge is 0.271 e. The zero-order valence-corrected chi connectivity index (χ0v) is 14.1. The quantitative estimate of drug-likeness (QED) is 0.918. The maximum Gasteiger partial charge on any atom is 0.271 e. The highest BCUT2D eigenvalue weighted by Gasteiger charge is 2.20. The van der Waals surface area contributed by atoms with E-state index in [1.165, 1.54) is 11.8 Å². The molecule has 0 unspecified atom stereocenters. The molecule has 24 heavy (non-hydrogen) atoms. The molecule has 0 aliphatic carbocycles. The Morgan fingerprint density at radius 3 is 2.58 bits per heavy atom. The molecule has 1 N–H and O–H groups in total. The van der Waals surface area contributed by atoms with Gasteiger partial charge in [-0.3, -0.25) is 14.7 Å². The molecule has 0 atom stereocenters. The van der Waals surface area contributed by atoms with Crippen molar-refractivity contribution in [2.45, 2.75) is 26.3 Å². The van der Waals surface area contributed by atoms with Crippen LogP contribution in [0.5, 0.6) is 0 Å². The van der Waals surface area contributed by atoms with Crippen LogP contribution in [0.4, 0.5) is 0 Å². The van der Waals surface area contributed by atoms with E-state index < -0.39 is 0 Å². The number of likely N-dealkylation sites (tertiary alicyclic amines) is 1. The third kappa shape index (κ3) is 4.61. The first-order valence-corrected chi connectivity index (χ1v) is 8.54. The molecule has 0 radical (unpaired) electrons. The summed E-state index contributed by atoms with van der Waals surface area (Å²) in [4.78, 5) is 22.8. The van der Waals surface area contributed by atoms with E-state index in [0.29, 0.717) is 18.2 Å². The number of hydrogen-bond donors (Lipinski definition) is 1. The number of piperidine rings is 1. The van der Waals surface area contributed by atoms with Crippen molar-refractivity contribution < 1.29 is 4.79 Å². The Kier molecular flexibility index (Phi) is 5.54. The molecular formula is C19H24N4O. The van der Waals surface area contributed by atoms with Crippen LogP contribution in [-0.2, 0) is 6.54 Å². The molecular weight excluding hydrogens is 300 g/mol. The summed E-state index contributed by atoms with van der Waals surface area (Å²) in [5, 5.41) is 2.99. The molecule has 1 aromatic carbocycles. The van der Waals surface area contributed by atoms with Crippen LogP contribution in [0.2, 0.25) is 0 Å². The maximum atomic E-state index is 12.1. The summed E-state index contributed by atoms with van der Waals surface area (Å²) in [5.74, 6) is 0.411. The fraction of sp³-hybridized carbons (Fsp3) is 0.421.